The molecule has 1 aromatic heterocycles. The molecule has 1 atom stereocenters. The van der Waals surface area contributed by atoms with Crippen LogP contribution in [0.15, 0.2) is 24.3 Å². The number of nitrogens with zero attached hydrogens (tertiary/aromatic N) is 2. The molecule has 0 amide bonds. The molecule has 1 heterocycles. The number of benzene rings is 1. The first-order valence-electron chi connectivity index (χ1n) is 7.31. The van der Waals surface area contributed by atoms with Crippen molar-refractivity contribution in [3.05, 3.63) is 46.8 Å². The molecule has 1 aromatic carbocycles. The summed E-state index contributed by atoms with van der Waals surface area (Å²) in [6.07, 6.45) is 3.21. The van der Waals surface area contributed by atoms with Gasteiger partial charge in [-0.3, -0.25) is 0 Å². The van der Waals surface area contributed by atoms with E-state index in [1.807, 2.05) is 0 Å². The zero-order valence-corrected chi connectivity index (χ0v) is 12.2. The van der Waals surface area contributed by atoms with Gasteiger partial charge in [0.25, 0.3) is 0 Å². The Morgan fingerprint density at radius 2 is 2.10 bits per heavy atom. The van der Waals surface area contributed by atoms with E-state index in [9.17, 15) is 0 Å². The summed E-state index contributed by atoms with van der Waals surface area (Å²) < 4.78 is 0. The van der Waals surface area contributed by atoms with Gasteiger partial charge in [0.15, 0.2) is 5.82 Å². The molecule has 3 rings (SSSR count). The molecule has 20 heavy (non-hydrogen) atoms. The molecule has 0 spiro atoms. The minimum atomic E-state index is 0.592. The van der Waals surface area contributed by atoms with Crippen LogP contribution in [0.3, 0.4) is 0 Å². The normalized spacial score (nSPS) is 17.9. The molecule has 1 aliphatic carbocycles. The minimum absolute atomic E-state index is 0.592. The average Bonchev–Trinajstić information content (AvgIpc) is 2.47. The zero-order chi connectivity index (χ0) is 14.1. The maximum Gasteiger partial charge on any atom is 0.159 e. The van der Waals surface area contributed by atoms with Gasteiger partial charge in [-0.1, -0.05) is 23.8 Å². The van der Waals surface area contributed by atoms with E-state index < -0.39 is 0 Å². The second kappa shape index (κ2) is 5.33. The molecule has 104 valence electrons. The first-order chi connectivity index (χ1) is 9.67. The van der Waals surface area contributed by atoms with Gasteiger partial charge in [0.1, 0.15) is 0 Å². The highest BCUT2D eigenvalue weighted by Crippen LogP contribution is 2.28. The van der Waals surface area contributed by atoms with Crippen LogP contribution < -0.4 is 5.73 Å². The molecule has 1 unspecified atom stereocenters. The summed E-state index contributed by atoms with van der Waals surface area (Å²) in [4.78, 5) is 9.52. The Labute approximate surface area is 120 Å². The second-order valence-corrected chi connectivity index (χ2v) is 5.77. The topological polar surface area (TPSA) is 51.8 Å². The zero-order valence-electron chi connectivity index (χ0n) is 12.2. The van der Waals surface area contributed by atoms with Crippen LogP contribution in [0.25, 0.3) is 11.4 Å². The highest BCUT2D eigenvalue weighted by molar-refractivity contribution is 5.57. The van der Waals surface area contributed by atoms with Gasteiger partial charge >= 0.3 is 0 Å². The summed E-state index contributed by atoms with van der Waals surface area (Å²) in [5, 5.41) is 0. The Morgan fingerprint density at radius 1 is 1.25 bits per heavy atom. The fourth-order valence-electron chi connectivity index (χ4n) is 2.97. The van der Waals surface area contributed by atoms with Crippen LogP contribution in [0.2, 0.25) is 0 Å². The van der Waals surface area contributed by atoms with Crippen molar-refractivity contribution in [3.63, 3.8) is 0 Å². The monoisotopic (exact) mass is 267 g/mol. The van der Waals surface area contributed by atoms with Crippen molar-refractivity contribution in [2.24, 2.45) is 11.7 Å². The standard InChI is InChI=1S/C17H21N3/c1-11-4-3-5-14(8-11)17-19-12(2)15-9-13(10-18)6-7-16(15)20-17/h3-5,8,13H,6-7,9-10,18H2,1-2H3. The van der Waals surface area contributed by atoms with Gasteiger partial charge in [-0.2, -0.15) is 0 Å². The molecule has 3 nitrogen and oxygen atoms in total. The first-order valence-corrected chi connectivity index (χ1v) is 7.31. The summed E-state index contributed by atoms with van der Waals surface area (Å²) in [7, 11) is 0. The Kier molecular flexibility index (Phi) is 3.53. The summed E-state index contributed by atoms with van der Waals surface area (Å²) in [5.41, 5.74) is 11.8. The lowest BCUT2D eigenvalue weighted by atomic mass is 9.86. The van der Waals surface area contributed by atoms with Crippen molar-refractivity contribution in [1.82, 2.24) is 9.97 Å². The van der Waals surface area contributed by atoms with Gasteiger partial charge in [-0.05, 0) is 57.2 Å². The summed E-state index contributed by atoms with van der Waals surface area (Å²) >= 11 is 0. The molecule has 0 aliphatic heterocycles. The number of rotatable bonds is 2. The predicted molar refractivity (Wildman–Crippen MR) is 81.5 cm³/mol. The number of aromatic nitrogens is 2. The highest BCUT2D eigenvalue weighted by atomic mass is 14.9. The molecule has 1 aliphatic rings. The van der Waals surface area contributed by atoms with E-state index in [0.717, 1.165) is 42.9 Å². The third kappa shape index (κ3) is 2.46. The first kappa shape index (κ1) is 13.3. The highest BCUT2D eigenvalue weighted by Gasteiger charge is 2.22. The average molecular weight is 267 g/mol. The van der Waals surface area contributed by atoms with Crippen LogP contribution in [0, 0.1) is 19.8 Å². The summed E-state index contributed by atoms with van der Waals surface area (Å²) in [6, 6.07) is 8.39. The summed E-state index contributed by atoms with van der Waals surface area (Å²) in [5.74, 6) is 1.45. The maximum absolute atomic E-state index is 5.81. The Morgan fingerprint density at radius 3 is 2.85 bits per heavy atom. The quantitative estimate of drug-likeness (QED) is 0.910. The van der Waals surface area contributed by atoms with Crippen molar-refractivity contribution in [2.45, 2.75) is 33.1 Å². The van der Waals surface area contributed by atoms with E-state index in [0.29, 0.717) is 5.92 Å². The Hall–Kier alpha value is -1.74. The SMILES string of the molecule is Cc1cccc(-c2nc(C)c3c(n2)CCC(CN)C3)c1. The van der Waals surface area contributed by atoms with E-state index >= 15 is 0 Å². The van der Waals surface area contributed by atoms with Gasteiger partial charge in [0.2, 0.25) is 0 Å². The fraction of sp³-hybridized carbons (Fsp3) is 0.412. The van der Waals surface area contributed by atoms with E-state index in [4.69, 9.17) is 15.7 Å². The van der Waals surface area contributed by atoms with Gasteiger partial charge in [0, 0.05) is 17.0 Å². The molecule has 2 N–H and O–H groups in total. The largest absolute Gasteiger partial charge is 0.330 e. The number of hydrogen-bond donors (Lipinski definition) is 1. The van der Waals surface area contributed by atoms with Crippen LogP contribution in [-0.4, -0.2) is 16.5 Å². The molecular formula is C17H21N3. The fourth-order valence-corrected chi connectivity index (χ4v) is 2.97. The van der Waals surface area contributed by atoms with Crippen LogP contribution in [0.5, 0.6) is 0 Å². The summed E-state index contributed by atoms with van der Waals surface area (Å²) in [6.45, 7) is 4.96. The van der Waals surface area contributed by atoms with E-state index in [1.165, 1.54) is 16.8 Å². The van der Waals surface area contributed by atoms with Crippen molar-refractivity contribution < 1.29 is 0 Å². The lowest BCUT2D eigenvalue weighted by Crippen LogP contribution is -2.24. The second-order valence-electron chi connectivity index (χ2n) is 5.77. The molecule has 0 fully saturated rings. The molecule has 2 aromatic rings. The van der Waals surface area contributed by atoms with E-state index in [2.05, 4.69) is 38.1 Å². The Bertz CT molecular complexity index is 634. The molecule has 0 saturated carbocycles. The Balaban J connectivity index is 2.02. The van der Waals surface area contributed by atoms with Crippen molar-refractivity contribution in [1.29, 1.82) is 0 Å². The van der Waals surface area contributed by atoms with Gasteiger partial charge < -0.3 is 5.73 Å². The number of hydrogen-bond acceptors (Lipinski definition) is 3. The maximum atomic E-state index is 5.81. The lowest BCUT2D eigenvalue weighted by Gasteiger charge is -2.24. The van der Waals surface area contributed by atoms with Crippen molar-refractivity contribution >= 4 is 0 Å². The third-order valence-corrected chi connectivity index (χ3v) is 4.19. The van der Waals surface area contributed by atoms with Gasteiger partial charge in [-0.15, -0.1) is 0 Å². The van der Waals surface area contributed by atoms with Gasteiger partial charge in [0.05, 0.1) is 0 Å². The minimum Gasteiger partial charge on any atom is -0.330 e. The van der Waals surface area contributed by atoms with Crippen molar-refractivity contribution in [2.75, 3.05) is 6.54 Å². The molecule has 0 saturated heterocycles. The van der Waals surface area contributed by atoms with Crippen molar-refractivity contribution in [3.8, 4) is 11.4 Å². The lowest BCUT2D eigenvalue weighted by molar-refractivity contribution is 0.460. The van der Waals surface area contributed by atoms with Gasteiger partial charge in [-0.25, -0.2) is 9.97 Å². The smallest absolute Gasteiger partial charge is 0.159 e. The van der Waals surface area contributed by atoms with E-state index in [-0.39, 0.29) is 0 Å². The van der Waals surface area contributed by atoms with Crippen LogP contribution in [0.4, 0.5) is 0 Å². The van der Waals surface area contributed by atoms with Crippen LogP contribution in [-0.2, 0) is 12.8 Å². The predicted octanol–water partition coefficient (Wildman–Crippen LogP) is 2.82. The number of nitrogens with two attached hydrogens (primary N) is 1. The third-order valence-electron chi connectivity index (χ3n) is 4.19. The van der Waals surface area contributed by atoms with E-state index in [1.54, 1.807) is 0 Å². The molecule has 3 heteroatoms. The molecule has 0 bridgehead atoms. The van der Waals surface area contributed by atoms with Crippen LogP contribution in [0.1, 0.15) is 28.9 Å². The van der Waals surface area contributed by atoms with Crippen LogP contribution >= 0.6 is 0 Å². The molecular weight excluding hydrogens is 246 g/mol. The molecule has 0 radical (unpaired) electrons. The number of aryl methyl sites for hydroxylation is 3. The number of fused-ring (bicyclic) bond motifs is 1.